The quantitative estimate of drug-likeness (QED) is 0.451. The van der Waals surface area contributed by atoms with Crippen LogP contribution in [-0.4, -0.2) is 64.9 Å². The van der Waals surface area contributed by atoms with E-state index in [2.05, 4.69) is 24.3 Å². The second-order valence-electron chi connectivity index (χ2n) is 10.9. The summed E-state index contributed by atoms with van der Waals surface area (Å²) in [5, 5.41) is 9.29. The average molecular weight is 529 g/mol. The van der Waals surface area contributed by atoms with Crippen molar-refractivity contribution in [1.29, 1.82) is 0 Å². The molecule has 0 radical (unpaired) electrons. The first-order chi connectivity index (χ1) is 18.6. The molecule has 5 rings (SSSR count). The number of amides is 2. The lowest BCUT2D eigenvalue weighted by Crippen LogP contribution is -2.53. The van der Waals surface area contributed by atoms with Crippen molar-refractivity contribution in [3.63, 3.8) is 0 Å². The number of hydrogen-bond acceptors (Lipinski definition) is 5. The second kappa shape index (κ2) is 10.4. The number of carbonyl (C=O) groups is 3. The molecule has 1 saturated heterocycles. The molecule has 1 heterocycles. The highest BCUT2D eigenvalue weighted by Gasteiger charge is 2.37. The molecular weight excluding hydrogens is 496 g/mol. The highest BCUT2D eigenvalue weighted by atomic mass is 16.6. The number of ether oxygens (including phenoxy) is 2. The van der Waals surface area contributed by atoms with E-state index in [1.54, 1.807) is 42.7 Å². The van der Waals surface area contributed by atoms with E-state index in [0.717, 1.165) is 22.3 Å². The van der Waals surface area contributed by atoms with E-state index < -0.39 is 29.8 Å². The topological polar surface area (TPSA) is 96.4 Å². The molecule has 1 aliphatic heterocycles. The molecule has 0 bridgehead atoms. The van der Waals surface area contributed by atoms with Gasteiger partial charge in [-0.3, -0.25) is 4.90 Å². The summed E-state index contributed by atoms with van der Waals surface area (Å²) in [6.45, 7) is 6.35. The third-order valence-corrected chi connectivity index (χ3v) is 7.15. The van der Waals surface area contributed by atoms with E-state index in [-0.39, 0.29) is 31.2 Å². The summed E-state index contributed by atoms with van der Waals surface area (Å²) in [7, 11) is 0. The largest absolute Gasteiger partial charge is 0.478 e. The van der Waals surface area contributed by atoms with Gasteiger partial charge in [-0.15, -0.1) is 0 Å². The lowest BCUT2D eigenvalue weighted by Gasteiger charge is -2.41. The molecule has 202 valence electrons. The Morgan fingerprint density at radius 2 is 1.44 bits per heavy atom. The minimum absolute atomic E-state index is 0.0521. The minimum Gasteiger partial charge on any atom is -0.478 e. The highest BCUT2D eigenvalue weighted by Crippen LogP contribution is 2.44. The summed E-state index contributed by atoms with van der Waals surface area (Å²) in [5.41, 5.74) is 4.76. The van der Waals surface area contributed by atoms with Gasteiger partial charge in [0, 0.05) is 25.6 Å². The standard InChI is InChI=1S/C31H32N2O6/c1-31(2,3)39-30(37)33-17-16-32(18-27(33)20-12-14-21(15-13-20)28(34)35)29(36)38-19-26-24-10-6-4-8-22(24)23-9-5-7-11-25(23)26/h4-15,26-27H,16-19H2,1-3H3,(H,34,35). The van der Waals surface area contributed by atoms with Gasteiger partial charge in [0.25, 0.3) is 0 Å². The van der Waals surface area contributed by atoms with Crippen LogP contribution in [0.5, 0.6) is 0 Å². The fourth-order valence-electron chi connectivity index (χ4n) is 5.31. The van der Waals surface area contributed by atoms with Crippen molar-refractivity contribution in [3.8, 4) is 11.1 Å². The molecule has 3 aromatic rings. The molecule has 8 nitrogen and oxygen atoms in total. The second-order valence-corrected chi connectivity index (χ2v) is 10.9. The van der Waals surface area contributed by atoms with Crippen LogP contribution in [0.15, 0.2) is 72.8 Å². The fourth-order valence-corrected chi connectivity index (χ4v) is 5.31. The van der Waals surface area contributed by atoms with Gasteiger partial charge >= 0.3 is 18.2 Å². The molecule has 1 fully saturated rings. The van der Waals surface area contributed by atoms with Crippen LogP contribution in [0.1, 0.15) is 59.8 Å². The molecule has 2 aliphatic rings. The number of carboxylic acids is 1. The Bertz CT molecular complexity index is 1350. The highest BCUT2D eigenvalue weighted by molar-refractivity contribution is 5.87. The summed E-state index contributed by atoms with van der Waals surface area (Å²) >= 11 is 0. The molecule has 8 heteroatoms. The van der Waals surface area contributed by atoms with Crippen LogP contribution in [0, 0.1) is 0 Å². The lowest BCUT2D eigenvalue weighted by atomic mass is 9.98. The summed E-state index contributed by atoms with van der Waals surface area (Å²) in [6.07, 6.45) is -0.935. The normalized spacial score (nSPS) is 16.8. The molecule has 1 unspecified atom stereocenters. The molecule has 39 heavy (non-hydrogen) atoms. The Labute approximate surface area is 227 Å². The van der Waals surface area contributed by atoms with Gasteiger partial charge in [0.15, 0.2) is 0 Å². The fraction of sp³-hybridized carbons (Fsp3) is 0.323. The van der Waals surface area contributed by atoms with Gasteiger partial charge in [0.1, 0.15) is 12.2 Å². The minimum atomic E-state index is -1.03. The maximum atomic E-state index is 13.3. The lowest BCUT2D eigenvalue weighted by molar-refractivity contribution is -0.00328. The van der Waals surface area contributed by atoms with Crippen LogP contribution in [0.4, 0.5) is 9.59 Å². The summed E-state index contributed by atoms with van der Waals surface area (Å²) in [5.74, 6) is -1.08. The van der Waals surface area contributed by atoms with E-state index in [4.69, 9.17) is 9.47 Å². The van der Waals surface area contributed by atoms with E-state index in [0.29, 0.717) is 12.1 Å². The van der Waals surface area contributed by atoms with Gasteiger partial charge in [0.05, 0.1) is 11.6 Å². The molecule has 3 aromatic carbocycles. The molecule has 0 aromatic heterocycles. The van der Waals surface area contributed by atoms with E-state index in [1.165, 1.54) is 12.1 Å². The van der Waals surface area contributed by atoms with Crippen molar-refractivity contribution in [2.24, 2.45) is 0 Å². The van der Waals surface area contributed by atoms with Crippen molar-refractivity contribution < 1.29 is 29.0 Å². The van der Waals surface area contributed by atoms with Crippen LogP contribution in [0.25, 0.3) is 11.1 Å². The van der Waals surface area contributed by atoms with Crippen molar-refractivity contribution in [3.05, 3.63) is 95.1 Å². The van der Waals surface area contributed by atoms with Crippen LogP contribution in [-0.2, 0) is 9.47 Å². The van der Waals surface area contributed by atoms with Crippen molar-refractivity contribution in [1.82, 2.24) is 9.80 Å². The van der Waals surface area contributed by atoms with E-state index >= 15 is 0 Å². The molecule has 1 atom stereocenters. The van der Waals surface area contributed by atoms with Gasteiger partial charge in [-0.1, -0.05) is 60.7 Å². The Morgan fingerprint density at radius 1 is 0.846 bits per heavy atom. The smallest absolute Gasteiger partial charge is 0.410 e. The Balaban J connectivity index is 1.33. The first-order valence-corrected chi connectivity index (χ1v) is 13.0. The Kier molecular flexibility index (Phi) is 7.04. The molecule has 1 aliphatic carbocycles. The third-order valence-electron chi connectivity index (χ3n) is 7.15. The number of carboxylic acid groups (broad SMARTS) is 1. The zero-order valence-electron chi connectivity index (χ0n) is 22.3. The van der Waals surface area contributed by atoms with Crippen LogP contribution < -0.4 is 0 Å². The molecule has 2 amide bonds. The van der Waals surface area contributed by atoms with Gasteiger partial charge in [-0.25, -0.2) is 14.4 Å². The molecule has 1 N–H and O–H groups in total. The van der Waals surface area contributed by atoms with Crippen molar-refractivity contribution >= 4 is 18.2 Å². The van der Waals surface area contributed by atoms with Gasteiger partial charge < -0.3 is 19.5 Å². The number of rotatable bonds is 4. The number of aromatic carboxylic acids is 1. The maximum absolute atomic E-state index is 13.3. The summed E-state index contributed by atoms with van der Waals surface area (Å²) < 4.78 is 11.5. The number of nitrogens with zero attached hydrogens (tertiary/aromatic N) is 2. The van der Waals surface area contributed by atoms with E-state index in [9.17, 15) is 19.5 Å². The van der Waals surface area contributed by atoms with Crippen LogP contribution >= 0.6 is 0 Å². The van der Waals surface area contributed by atoms with Gasteiger partial charge in [0.2, 0.25) is 0 Å². The number of carbonyl (C=O) groups excluding carboxylic acids is 2. The number of hydrogen-bond donors (Lipinski definition) is 1. The van der Waals surface area contributed by atoms with Crippen LogP contribution in [0.3, 0.4) is 0 Å². The predicted octanol–water partition coefficient (Wildman–Crippen LogP) is 5.93. The monoisotopic (exact) mass is 528 g/mol. The first-order valence-electron chi connectivity index (χ1n) is 13.0. The van der Waals surface area contributed by atoms with E-state index in [1.807, 2.05) is 24.3 Å². The predicted molar refractivity (Wildman–Crippen MR) is 146 cm³/mol. The average Bonchev–Trinajstić information content (AvgIpc) is 3.24. The van der Waals surface area contributed by atoms with Crippen LogP contribution in [0.2, 0.25) is 0 Å². The zero-order valence-corrected chi connectivity index (χ0v) is 22.3. The van der Waals surface area contributed by atoms with Gasteiger partial charge in [-0.05, 0) is 60.7 Å². The maximum Gasteiger partial charge on any atom is 0.410 e. The summed E-state index contributed by atoms with van der Waals surface area (Å²) in [6, 6.07) is 22.2. The molecular formula is C31H32N2O6. The number of benzene rings is 3. The number of fused-ring (bicyclic) bond motifs is 3. The van der Waals surface area contributed by atoms with Crippen molar-refractivity contribution in [2.75, 3.05) is 26.2 Å². The van der Waals surface area contributed by atoms with Crippen molar-refractivity contribution in [2.45, 2.75) is 38.3 Å². The van der Waals surface area contributed by atoms with Gasteiger partial charge in [-0.2, -0.15) is 0 Å². The molecule has 0 spiro atoms. The number of piperazine rings is 1. The Morgan fingerprint density at radius 3 is 2.00 bits per heavy atom. The SMILES string of the molecule is CC(C)(C)OC(=O)N1CCN(C(=O)OCC2c3ccccc3-c3ccccc32)CC1c1ccc(C(=O)O)cc1. The third kappa shape index (κ3) is 5.46. The molecule has 0 saturated carbocycles. The Hall–Kier alpha value is -4.33. The first kappa shape index (κ1) is 26.3. The zero-order chi connectivity index (χ0) is 27.7. The summed E-state index contributed by atoms with van der Waals surface area (Å²) in [4.78, 5) is 40.9.